The van der Waals surface area contributed by atoms with Gasteiger partial charge in [-0.1, -0.05) is 5.10 Å². The van der Waals surface area contributed by atoms with Gasteiger partial charge >= 0.3 is 0 Å². The molecular weight excluding hydrogens is 162 g/mol. The van der Waals surface area contributed by atoms with Gasteiger partial charge < -0.3 is 4.90 Å². The lowest BCUT2D eigenvalue weighted by atomic mass is 10.6. The van der Waals surface area contributed by atoms with Crippen LogP contribution >= 0.6 is 12.6 Å². The third-order valence-electron chi connectivity index (χ3n) is 1.26. The normalized spacial score (nSPS) is 10.8. The lowest BCUT2D eigenvalue weighted by molar-refractivity contribution is 0.361. The van der Waals surface area contributed by atoms with Gasteiger partial charge in [-0.05, 0) is 37.2 Å². The Morgan fingerprint density at radius 3 is 2.73 bits per heavy atom. The van der Waals surface area contributed by atoms with E-state index in [0.29, 0.717) is 5.16 Å². The van der Waals surface area contributed by atoms with Crippen molar-refractivity contribution in [2.24, 2.45) is 0 Å². The van der Waals surface area contributed by atoms with Crippen molar-refractivity contribution < 1.29 is 0 Å². The Kier molecular flexibility index (Phi) is 2.72. The zero-order chi connectivity index (χ0) is 8.27. The summed E-state index contributed by atoms with van der Waals surface area (Å²) in [6, 6.07) is 0. The number of aromatic nitrogens is 4. The molecule has 1 aromatic heterocycles. The summed E-state index contributed by atoms with van der Waals surface area (Å²) in [5.41, 5.74) is 0. The van der Waals surface area contributed by atoms with Crippen molar-refractivity contribution in [2.45, 2.75) is 11.7 Å². The molecule has 1 aromatic rings. The molecular formula is C5H10N5S. The lowest BCUT2D eigenvalue weighted by Gasteiger charge is -2.07. The van der Waals surface area contributed by atoms with Crippen LogP contribution in [0.1, 0.15) is 0 Å². The van der Waals surface area contributed by atoms with Crippen LogP contribution in [0, 0.1) is 0 Å². The van der Waals surface area contributed by atoms with Crippen LogP contribution < -0.4 is 0 Å². The van der Waals surface area contributed by atoms with Gasteiger partial charge in [0.25, 0.3) is 0 Å². The molecule has 0 N–H and O–H groups in total. The van der Waals surface area contributed by atoms with Crippen LogP contribution in [0.4, 0.5) is 0 Å². The van der Waals surface area contributed by atoms with Gasteiger partial charge in [-0.2, -0.15) is 0 Å². The second-order valence-electron chi connectivity index (χ2n) is 2.49. The maximum atomic E-state index is 4.85. The third kappa shape index (κ3) is 2.39. The number of hydrogen-bond acceptors (Lipinski definition) is 4. The molecule has 61 valence electrons. The molecule has 0 aliphatic rings. The molecule has 5 nitrogen and oxygen atoms in total. The van der Waals surface area contributed by atoms with Gasteiger partial charge in [0.1, 0.15) is 0 Å². The average molecular weight is 172 g/mol. The van der Waals surface area contributed by atoms with Crippen LogP contribution in [0.5, 0.6) is 0 Å². The standard InChI is InChI=1S/C5H10N5S/c1-9(2)3-4-10-5(11)6-7-8-10/h3-4H2,1-2H3. The van der Waals surface area contributed by atoms with Crippen LogP contribution in [0.15, 0.2) is 5.16 Å². The Balaban J connectivity index is 2.44. The van der Waals surface area contributed by atoms with E-state index in [-0.39, 0.29) is 0 Å². The minimum atomic E-state index is 0.451. The highest BCUT2D eigenvalue weighted by Gasteiger charge is 2.00. The van der Waals surface area contributed by atoms with E-state index in [9.17, 15) is 0 Å². The van der Waals surface area contributed by atoms with Crippen LogP contribution in [-0.2, 0) is 6.54 Å². The number of hydrogen-bond donors (Lipinski definition) is 0. The zero-order valence-electron chi connectivity index (χ0n) is 6.56. The van der Waals surface area contributed by atoms with Crippen LogP contribution in [0.2, 0.25) is 0 Å². The fraction of sp³-hybridized carbons (Fsp3) is 0.800. The van der Waals surface area contributed by atoms with Crippen LogP contribution in [0.3, 0.4) is 0 Å². The van der Waals surface area contributed by atoms with Crippen LogP contribution in [0.25, 0.3) is 0 Å². The molecule has 0 bridgehead atoms. The average Bonchev–Trinajstić information content (AvgIpc) is 2.31. The highest BCUT2D eigenvalue weighted by molar-refractivity contribution is 7.80. The van der Waals surface area contributed by atoms with Gasteiger partial charge in [0, 0.05) is 6.54 Å². The van der Waals surface area contributed by atoms with Gasteiger partial charge in [-0.3, -0.25) is 0 Å². The van der Waals surface area contributed by atoms with Crippen molar-refractivity contribution >= 4 is 12.6 Å². The second kappa shape index (κ2) is 3.59. The Labute approximate surface area is 70.8 Å². The van der Waals surface area contributed by atoms with Crippen LogP contribution in [-0.4, -0.2) is 45.7 Å². The third-order valence-corrected chi connectivity index (χ3v) is 1.55. The fourth-order valence-electron chi connectivity index (χ4n) is 0.632. The molecule has 0 fully saturated rings. The van der Waals surface area contributed by atoms with Crippen molar-refractivity contribution in [1.29, 1.82) is 0 Å². The quantitative estimate of drug-likeness (QED) is 0.633. The number of nitrogens with zero attached hydrogens (tertiary/aromatic N) is 5. The molecule has 0 spiro atoms. The summed E-state index contributed by atoms with van der Waals surface area (Å²) in [4.78, 5) is 2.05. The van der Waals surface area contributed by atoms with E-state index in [4.69, 9.17) is 12.6 Å². The van der Waals surface area contributed by atoms with E-state index in [1.807, 2.05) is 14.1 Å². The van der Waals surface area contributed by atoms with Gasteiger partial charge in [0.05, 0.1) is 6.54 Å². The molecule has 0 aliphatic heterocycles. The highest BCUT2D eigenvalue weighted by atomic mass is 32.1. The molecule has 1 heterocycles. The smallest absolute Gasteiger partial charge is 0.240 e. The second-order valence-corrected chi connectivity index (χ2v) is 2.85. The summed E-state index contributed by atoms with van der Waals surface area (Å²) in [7, 11) is 3.99. The predicted octanol–water partition coefficient (Wildman–Crippen LogP) is -0.209. The summed E-state index contributed by atoms with van der Waals surface area (Å²) < 4.78 is 1.61. The molecule has 0 amide bonds. The Morgan fingerprint density at radius 2 is 2.27 bits per heavy atom. The van der Waals surface area contributed by atoms with E-state index in [2.05, 4.69) is 20.4 Å². The lowest BCUT2D eigenvalue weighted by Crippen LogP contribution is -2.19. The largest absolute Gasteiger partial charge is 0.308 e. The van der Waals surface area contributed by atoms with Gasteiger partial charge in [-0.25, -0.2) is 4.68 Å². The molecule has 11 heavy (non-hydrogen) atoms. The number of rotatable bonds is 3. The summed E-state index contributed by atoms with van der Waals surface area (Å²) in [6.45, 7) is 1.65. The zero-order valence-corrected chi connectivity index (χ0v) is 7.38. The van der Waals surface area contributed by atoms with Gasteiger partial charge in [0.15, 0.2) is 0 Å². The Morgan fingerprint density at radius 1 is 1.55 bits per heavy atom. The molecule has 0 aromatic carbocycles. The monoisotopic (exact) mass is 172 g/mol. The van der Waals surface area contributed by atoms with E-state index >= 15 is 0 Å². The van der Waals surface area contributed by atoms with E-state index in [1.165, 1.54) is 0 Å². The maximum absolute atomic E-state index is 4.85. The highest BCUT2D eigenvalue weighted by Crippen LogP contribution is 1.96. The summed E-state index contributed by atoms with van der Waals surface area (Å²) in [6.07, 6.45) is 0. The maximum Gasteiger partial charge on any atom is 0.240 e. The molecule has 1 rings (SSSR count). The summed E-state index contributed by atoms with van der Waals surface area (Å²) in [5, 5.41) is 11.2. The van der Waals surface area contributed by atoms with Crippen molar-refractivity contribution in [3.05, 3.63) is 0 Å². The first-order valence-corrected chi connectivity index (χ1v) is 3.69. The van der Waals surface area contributed by atoms with Gasteiger partial charge in [-0.15, -0.1) is 0 Å². The van der Waals surface area contributed by atoms with Crippen molar-refractivity contribution in [3.63, 3.8) is 0 Å². The first kappa shape index (κ1) is 8.35. The molecule has 0 unspecified atom stereocenters. The minimum Gasteiger partial charge on any atom is -0.308 e. The van der Waals surface area contributed by atoms with E-state index in [0.717, 1.165) is 13.1 Å². The molecule has 6 heteroatoms. The van der Waals surface area contributed by atoms with E-state index < -0.39 is 0 Å². The molecule has 1 radical (unpaired) electrons. The number of tetrazole rings is 1. The molecule has 0 saturated carbocycles. The SMILES string of the molecule is CN(C)CCn1nnnc1[S]. The molecule has 0 aliphatic carbocycles. The van der Waals surface area contributed by atoms with Gasteiger partial charge in [0.2, 0.25) is 5.16 Å². The minimum absolute atomic E-state index is 0.451. The van der Waals surface area contributed by atoms with Crippen molar-refractivity contribution in [3.8, 4) is 0 Å². The topological polar surface area (TPSA) is 46.8 Å². The van der Waals surface area contributed by atoms with Crippen molar-refractivity contribution in [2.75, 3.05) is 20.6 Å². The first-order valence-electron chi connectivity index (χ1n) is 3.28. The fourth-order valence-corrected chi connectivity index (χ4v) is 0.796. The number of likely N-dealkylation sites (N-methyl/N-ethyl adjacent to an activating group) is 1. The Hall–Kier alpha value is -0.750. The summed E-state index contributed by atoms with van der Waals surface area (Å²) in [5.74, 6) is 0. The molecule has 0 atom stereocenters. The Bertz CT molecular complexity index is 220. The predicted molar refractivity (Wildman–Crippen MR) is 42.2 cm³/mol. The van der Waals surface area contributed by atoms with Crippen molar-refractivity contribution in [1.82, 2.24) is 25.1 Å². The first-order chi connectivity index (χ1) is 5.20. The molecule has 0 saturated heterocycles. The summed E-state index contributed by atoms with van der Waals surface area (Å²) >= 11 is 4.85. The van der Waals surface area contributed by atoms with E-state index in [1.54, 1.807) is 4.68 Å².